The Morgan fingerprint density at radius 2 is 1.82 bits per heavy atom. The van der Waals surface area contributed by atoms with Crippen molar-refractivity contribution in [3.8, 4) is 0 Å². The van der Waals surface area contributed by atoms with Gasteiger partial charge in [-0.15, -0.1) is 0 Å². The quantitative estimate of drug-likeness (QED) is 0.622. The molecule has 0 aromatic carbocycles. The Labute approximate surface area is 138 Å². The summed E-state index contributed by atoms with van der Waals surface area (Å²) in [6.45, 7) is 9.28. The smallest absolute Gasteiger partial charge is 0.0704 e. The fourth-order valence-electron chi connectivity index (χ4n) is 4.74. The minimum Gasteiger partial charge on any atom is -0.382 e. The van der Waals surface area contributed by atoms with Crippen molar-refractivity contribution in [3.63, 3.8) is 0 Å². The fourth-order valence-corrected chi connectivity index (χ4v) is 9.45. The van der Waals surface area contributed by atoms with E-state index in [9.17, 15) is 0 Å². The Morgan fingerprint density at radius 1 is 1.09 bits per heavy atom. The van der Waals surface area contributed by atoms with Crippen LogP contribution in [-0.2, 0) is 4.74 Å². The third kappa shape index (κ3) is 3.76. The summed E-state index contributed by atoms with van der Waals surface area (Å²) in [6.07, 6.45) is 7.93. The van der Waals surface area contributed by atoms with E-state index < -0.39 is 8.07 Å². The molecule has 1 saturated carbocycles. The first kappa shape index (κ1) is 18.0. The Balaban J connectivity index is 2.20. The highest BCUT2D eigenvalue weighted by Crippen LogP contribution is 2.42. The molecule has 0 radical (unpaired) electrons. The highest BCUT2D eigenvalue weighted by molar-refractivity contribution is 6.84. The van der Waals surface area contributed by atoms with Crippen LogP contribution in [0.5, 0.6) is 0 Å². The van der Waals surface area contributed by atoms with E-state index in [1.54, 1.807) is 5.71 Å². The second kappa shape index (κ2) is 8.49. The molecule has 2 atom stereocenters. The van der Waals surface area contributed by atoms with E-state index in [1.165, 1.54) is 56.7 Å². The van der Waals surface area contributed by atoms with Crippen molar-refractivity contribution in [3.05, 3.63) is 0 Å². The molecular weight excluding hydrogens is 288 g/mol. The van der Waals surface area contributed by atoms with Gasteiger partial charge in [-0.05, 0) is 37.6 Å². The normalized spacial score (nSPS) is 28.5. The zero-order valence-electron chi connectivity index (χ0n) is 15.2. The van der Waals surface area contributed by atoms with E-state index in [0.29, 0.717) is 6.04 Å². The van der Waals surface area contributed by atoms with Crippen molar-refractivity contribution in [2.45, 2.75) is 89.0 Å². The lowest BCUT2D eigenvalue weighted by Crippen LogP contribution is -2.43. The van der Waals surface area contributed by atoms with Gasteiger partial charge in [0.25, 0.3) is 0 Å². The monoisotopic (exact) mass is 324 g/mol. The highest BCUT2D eigenvalue weighted by Gasteiger charge is 2.40. The van der Waals surface area contributed by atoms with Crippen LogP contribution in [0.4, 0.5) is 0 Å². The van der Waals surface area contributed by atoms with Crippen molar-refractivity contribution >= 4 is 13.8 Å². The van der Waals surface area contributed by atoms with Gasteiger partial charge < -0.3 is 4.74 Å². The van der Waals surface area contributed by atoms with Crippen molar-refractivity contribution in [2.75, 3.05) is 20.3 Å². The number of hydrogen-bond acceptors (Lipinski definition) is 3. The lowest BCUT2D eigenvalue weighted by Gasteiger charge is -2.41. The van der Waals surface area contributed by atoms with Crippen LogP contribution in [-0.4, -0.2) is 45.1 Å². The minimum atomic E-state index is -1.18. The molecule has 2 aliphatic rings. The van der Waals surface area contributed by atoms with E-state index in [1.807, 2.05) is 7.11 Å². The summed E-state index contributed by atoms with van der Waals surface area (Å²) in [7, 11) is 0.635. The number of nitrogens with zero attached hydrogens (tertiary/aromatic N) is 2. The minimum absolute atomic E-state index is 0.515. The van der Waals surface area contributed by atoms with Gasteiger partial charge >= 0.3 is 0 Å². The molecule has 0 N–H and O–H groups in total. The van der Waals surface area contributed by atoms with Crippen molar-refractivity contribution in [1.82, 2.24) is 5.01 Å². The number of rotatable bonds is 7. The third-order valence-electron chi connectivity index (χ3n) is 6.39. The zero-order valence-corrected chi connectivity index (χ0v) is 16.2. The molecule has 1 aliphatic heterocycles. The predicted octanol–water partition coefficient (Wildman–Crippen LogP) is 4.91. The van der Waals surface area contributed by atoms with Crippen LogP contribution in [0.2, 0.25) is 23.7 Å². The number of hydrogen-bond donors (Lipinski definition) is 0. The molecule has 0 aromatic heterocycles. The first-order chi connectivity index (χ1) is 10.7. The molecule has 3 nitrogen and oxygen atoms in total. The van der Waals surface area contributed by atoms with Gasteiger partial charge in [0, 0.05) is 19.4 Å². The first-order valence-corrected chi connectivity index (χ1v) is 12.2. The van der Waals surface area contributed by atoms with Gasteiger partial charge in [0.2, 0.25) is 0 Å². The van der Waals surface area contributed by atoms with Gasteiger partial charge in [0.15, 0.2) is 0 Å². The summed E-state index contributed by atoms with van der Waals surface area (Å²) in [5.41, 5.74) is 2.40. The van der Waals surface area contributed by atoms with Gasteiger partial charge in [0.05, 0.1) is 20.7 Å². The maximum atomic E-state index is 5.40. The number of hydrazone groups is 1. The van der Waals surface area contributed by atoms with E-state index in [2.05, 4.69) is 25.8 Å². The summed E-state index contributed by atoms with van der Waals surface area (Å²) in [5, 5.41) is 7.60. The Hall–Kier alpha value is -0.353. The van der Waals surface area contributed by atoms with Gasteiger partial charge in [-0.1, -0.05) is 45.3 Å². The Bertz CT molecular complexity index is 360. The van der Waals surface area contributed by atoms with Crippen LogP contribution in [0.1, 0.15) is 59.3 Å². The summed E-state index contributed by atoms with van der Waals surface area (Å²) in [4.78, 5) is 0. The molecule has 22 heavy (non-hydrogen) atoms. The van der Waals surface area contributed by atoms with Crippen LogP contribution >= 0.6 is 0 Å². The molecule has 0 bridgehead atoms. The number of methoxy groups -OCH3 is 1. The van der Waals surface area contributed by atoms with Gasteiger partial charge in [-0.3, -0.25) is 5.01 Å². The molecule has 2 fully saturated rings. The lowest BCUT2D eigenvalue weighted by atomic mass is 9.98. The predicted molar refractivity (Wildman–Crippen MR) is 98.5 cm³/mol. The zero-order chi connectivity index (χ0) is 16.0. The van der Waals surface area contributed by atoms with Crippen molar-refractivity contribution in [2.24, 2.45) is 5.10 Å². The molecule has 0 aromatic rings. The van der Waals surface area contributed by atoms with E-state index in [4.69, 9.17) is 9.84 Å². The molecule has 1 saturated heterocycles. The molecule has 0 amide bonds. The molecule has 2 rings (SSSR count). The highest BCUT2D eigenvalue weighted by atomic mass is 28.3. The third-order valence-corrected chi connectivity index (χ3v) is 12.7. The van der Waals surface area contributed by atoms with Crippen LogP contribution in [0, 0.1) is 0 Å². The molecule has 1 aliphatic carbocycles. The second-order valence-electron chi connectivity index (χ2n) is 7.23. The topological polar surface area (TPSA) is 24.8 Å². The molecule has 4 heteroatoms. The summed E-state index contributed by atoms with van der Waals surface area (Å²) >= 11 is 0. The standard InChI is InChI=1S/C18H36N2OSi/c1-5-22(6-2,7-3)18-13-9-8-12-17(18)19-20-14-10-11-16(20)15-21-4/h16,18H,5-15H2,1-4H3/b19-17-/t16-,18+/m0/s1. The largest absolute Gasteiger partial charge is 0.382 e. The van der Waals surface area contributed by atoms with E-state index in [0.717, 1.165) is 18.7 Å². The van der Waals surface area contributed by atoms with Gasteiger partial charge in [-0.2, -0.15) is 5.10 Å². The average molecular weight is 325 g/mol. The molecule has 0 spiro atoms. The molecule has 128 valence electrons. The molecular formula is C18H36N2OSi. The lowest BCUT2D eigenvalue weighted by molar-refractivity contribution is 0.117. The Kier molecular flexibility index (Phi) is 6.94. The van der Waals surface area contributed by atoms with Crippen LogP contribution in [0.15, 0.2) is 5.10 Å². The van der Waals surface area contributed by atoms with Gasteiger partial charge in [-0.25, -0.2) is 0 Å². The van der Waals surface area contributed by atoms with Crippen molar-refractivity contribution in [1.29, 1.82) is 0 Å². The molecule has 0 unspecified atom stereocenters. The summed E-state index contributed by atoms with van der Waals surface area (Å²) in [5.74, 6) is 0. The van der Waals surface area contributed by atoms with Gasteiger partial charge in [0.1, 0.15) is 0 Å². The first-order valence-electron chi connectivity index (χ1n) is 9.53. The average Bonchev–Trinajstić information content (AvgIpc) is 2.98. The summed E-state index contributed by atoms with van der Waals surface area (Å²) < 4.78 is 5.40. The maximum Gasteiger partial charge on any atom is 0.0704 e. The summed E-state index contributed by atoms with van der Waals surface area (Å²) in [6, 6.07) is 4.78. The van der Waals surface area contributed by atoms with Crippen LogP contribution in [0.3, 0.4) is 0 Å². The SMILES string of the molecule is CC[Si](CC)(CC)[C@@H]1CCCC/C1=N/N1CCC[C@H]1COC. The van der Waals surface area contributed by atoms with E-state index >= 15 is 0 Å². The second-order valence-corrected chi connectivity index (χ2v) is 12.8. The number of ether oxygens (including phenoxy) is 1. The maximum absolute atomic E-state index is 5.40. The fraction of sp³-hybridized carbons (Fsp3) is 0.944. The van der Waals surface area contributed by atoms with Crippen LogP contribution in [0.25, 0.3) is 0 Å². The van der Waals surface area contributed by atoms with Crippen molar-refractivity contribution < 1.29 is 4.74 Å². The van der Waals surface area contributed by atoms with E-state index in [-0.39, 0.29) is 0 Å². The van der Waals surface area contributed by atoms with Crippen LogP contribution < -0.4 is 0 Å². The Morgan fingerprint density at radius 3 is 2.45 bits per heavy atom. The molecule has 1 heterocycles.